The predicted molar refractivity (Wildman–Crippen MR) is 119 cm³/mol. The first-order valence-electron chi connectivity index (χ1n) is 10.5. The summed E-state index contributed by atoms with van der Waals surface area (Å²) in [6.07, 6.45) is 2.36. The average molecular weight is 391 g/mol. The third-order valence-electron chi connectivity index (χ3n) is 5.99. The third kappa shape index (κ3) is 4.20. The molecule has 3 aromatic rings. The van der Waals surface area contributed by atoms with Gasteiger partial charge in [0.2, 0.25) is 0 Å². The summed E-state index contributed by atoms with van der Waals surface area (Å²) >= 11 is 0. The maximum absolute atomic E-state index is 6.27. The van der Waals surface area contributed by atoms with Crippen LogP contribution in [0.3, 0.4) is 0 Å². The van der Waals surface area contributed by atoms with Crippen molar-refractivity contribution in [1.82, 2.24) is 15.5 Å². The van der Waals surface area contributed by atoms with Crippen LogP contribution in [0.25, 0.3) is 10.8 Å². The SMILES string of the molecule is Cc1cccc([C@@H](C)Nc2nnc(C)c3ccc(OC4CCNCC4)cc23)c1C. The zero-order valence-electron chi connectivity index (χ0n) is 17.7. The first-order valence-corrected chi connectivity index (χ1v) is 10.5. The summed E-state index contributed by atoms with van der Waals surface area (Å²) < 4.78 is 6.27. The summed E-state index contributed by atoms with van der Waals surface area (Å²) in [5.41, 5.74) is 4.82. The molecule has 1 aliphatic rings. The van der Waals surface area contributed by atoms with Gasteiger partial charge in [0.25, 0.3) is 0 Å². The fraction of sp³-hybridized carbons (Fsp3) is 0.417. The van der Waals surface area contributed by atoms with Crippen LogP contribution in [0.15, 0.2) is 36.4 Å². The van der Waals surface area contributed by atoms with Gasteiger partial charge < -0.3 is 15.4 Å². The first kappa shape index (κ1) is 19.6. The summed E-state index contributed by atoms with van der Waals surface area (Å²) in [5, 5.41) is 18.0. The second-order valence-corrected chi connectivity index (χ2v) is 8.06. The monoisotopic (exact) mass is 390 g/mol. The number of fused-ring (bicyclic) bond motifs is 1. The van der Waals surface area contributed by atoms with Crippen molar-refractivity contribution in [2.45, 2.75) is 52.7 Å². The molecule has 1 saturated heterocycles. The molecule has 0 spiro atoms. The lowest BCUT2D eigenvalue weighted by Gasteiger charge is -2.24. The van der Waals surface area contributed by atoms with E-state index in [4.69, 9.17) is 4.74 Å². The van der Waals surface area contributed by atoms with E-state index in [-0.39, 0.29) is 12.1 Å². The molecule has 4 rings (SSSR count). The molecule has 152 valence electrons. The summed E-state index contributed by atoms with van der Waals surface area (Å²) in [5.74, 6) is 1.70. The molecule has 1 aliphatic heterocycles. The van der Waals surface area contributed by atoms with Gasteiger partial charge in [-0.1, -0.05) is 18.2 Å². The van der Waals surface area contributed by atoms with E-state index in [2.05, 4.69) is 78.0 Å². The topological polar surface area (TPSA) is 59.1 Å². The maximum Gasteiger partial charge on any atom is 0.157 e. The molecule has 2 heterocycles. The molecule has 1 fully saturated rings. The van der Waals surface area contributed by atoms with E-state index < -0.39 is 0 Å². The minimum Gasteiger partial charge on any atom is -0.490 e. The summed E-state index contributed by atoms with van der Waals surface area (Å²) in [6.45, 7) is 10.5. The molecule has 0 aliphatic carbocycles. The number of hydrogen-bond acceptors (Lipinski definition) is 5. The summed E-state index contributed by atoms with van der Waals surface area (Å²) in [7, 11) is 0. The van der Waals surface area contributed by atoms with Crippen molar-refractivity contribution >= 4 is 16.6 Å². The molecular weight excluding hydrogens is 360 g/mol. The van der Waals surface area contributed by atoms with Crippen LogP contribution < -0.4 is 15.4 Å². The Balaban J connectivity index is 1.65. The Morgan fingerprint density at radius 3 is 2.62 bits per heavy atom. The van der Waals surface area contributed by atoms with Gasteiger partial charge in [0.05, 0.1) is 11.7 Å². The fourth-order valence-electron chi connectivity index (χ4n) is 4.08. The van der Waals surface area contributed by atoms with Gasteiger partial charge in [-0.2, -0.15) is 5.10 Å². The highest BCUT2D eigenvalue weighted by atomic mass is 16.5. The van der Waals surface area contributed by atoms with Gasteiger partial charge in [0, 0.05) is 10.8 Å². The minimum atomic E-state index is 0.129. The maximum atomic E-state index is 6.27. The van der Waals surface area contributed by atoms with Crippen LogP contribution in [0.1, 0.15) is 48.2 Å². The van der Waals surface area contributed by atoms with Crippen molar-refractivity contribution < 1.29 is 4.74 Å². The van der Waals surface area contributed by atoms with Crippen molar-refractivity contribution in [2.24, 2.45) is 0 Å². The smallest absolute Gasteiger partial charge is 0.157 e. The highest BCUT2D eigenvalue weighted by Crippen LogP contribution is 2.31. The van der Waals surface area contributed by atoms with Gasteiger partial charge in [-0.15, -0.1) is 5.10 Å². The van der Waals surface area contributed by atoms with E-state index in [1.165, 1.54) is 16.7 Å². The van der Waals surface area contributed by atoms with E-state index in [9.17, 15) is 0 Å². The molecule has 2 N–H and O–H groups in total. The van der Waals surface area contributed by atoms with E-state index >= 15 is 0 Å². The quantitative estimate of drug-likeness (QED) is 0.652. The van der Waals surface area contributed by atoms with Gasteiger partial charge in [-0.05, 0) is 88.5 Å². The molecule has 5 heteroatoms. The lowest BCUT2D eigenvalue weighted by molar-refractivity contribution is 0.162. The Bertz CT molecular complexity index is 1010. The van der Waals surface area contributed by atoms with Crippen LogP contribution in [0.5, 0.6) is 5.75 Å². The van der Waals surface area contributed by atoms with E-state index in [0.29, 0.717) is 0 Å². The van der Waals surface area contributed by atoms with Crippen LogP contribution in [0.4, 0.5) is 5.82 Å². The lowest BCUT2D eigenvalue weighted by Crippen LogP contribution is -2.34. The van der Waals surface area contributed by atoms with Crippen LogP contribution in [-0.4, -0.2) is 29.4 Å². The number of aryl methyl sites for hydroxylation is 2. The van der Waals surface area contributed by atoms with Crippen LogP contribution >= 0.6 is 0 Å². The molecular formula is C24H30N4O. The van der Waals surface area contributed by atoms with Gasteiger partial charge in [-0.25, -0.2) is 0 Å². The number of anilines is 1. The Kier molecular flexibility index (Phi) is 5.67. The number of nitrogens with one attached hydrogen (secondary N) is 2. The normalized spacial score (nSPS) is 16.0. The summed E-state index contributed by atoms with van der Waals surface area (Å²) in [4.78, 5) is 0. The van der Waals surface area contributed by atoms with Crippen molar-refractivity contribution in [3.05, 3.63) is 58.8 Å². The van der Waals surface area contributed by atoms with Crippen molar-refractivity contribution in [3.63, 3.8) is 0 Å². The molecule has 0 amide bonds. The Hall–Kier alpha value is -2.66. The molecule has 0 radical (unpaired) electrons. The molecule has 1 aromatic heterocycles. The Morgan fingerprint density at radius 2 is 1.83 bits per heavy atom. The standard InChI is InChI=1S/C24H30N4O/c1-15-6-5-7-21(16(15)2)17(3)26-24-23-14-20(29-19-10-12-25-13-11-19)8-9-22(23)18(4)27-28-24/h5-9,14,17,19,25H,10-13H2,1-4H3,(H,26,28)/t17-/m1/s1. The van der Waals surface area contributed by atoms with Gasteiger partial charge in [0.15, 0.2) is 5.82 Å². The molecule has 29 heavy (non-hydrogen) atoms. The average Bonchev–Trinajstić information content (AvgIpc) is 2.73. The number of benzene rings is 2. The fourth-order valence-corrected chi connectivity index (χ4v) is 4.08. The molecule has 1 atom stereocenters. The number of rotatable bonds is 5. The van der Waals surface area contributed by atoms with E-state index in [1.54, 1.807) is 0 Å². The molecule has 5 nitrogen and oxygen atoms in total. The molecule has 0 saturated carbocycles. The Labute approximate surface area is 172 Å². The van der Waals surface area contributed by atoms with Crippen LogP contribution in [0.2, 0.25) is 0 Å². The number of nitrogens with zero attached hydrogens (tertiary/aromatic N) is 2. The van der Waals surface area contributed by atoms with Gasteiger partial charge >= 0.3 is 0 Å². The van der Waals surface area contributed by atoms with Crippen molar-refractivity contribution in [1.29, 1.82) is 0 Å². The highest BCUT2D eigenvalue weighted by molar-refractivity contribution is 5.94. The second kappa shape index (κ2) is 8.37. The number of aromatic nitrogens is 2. The number of piperidine rings is 1. The molecule has 0 bridgehead atoms. The summed E-state index contributed by atoms with van der Waals surface area (Å²) in [6, 6.07) is 12.8. The van der Waals surface area contributed by atoms with Gasteiger partial charge in [-0.3, -0.25) is 0 Å². The molecule has 2 aromatic carbocycles. The number of hydrogen-bond donors (Lipinski definition) is 2. The van der Waals surface area contributed by atoms with Crippen LogP contribution in [0, 0.1) is 20.8 Å². The van der Waals surface area contributed by atoms with Gasteiger partial charge in [0.1, 0.15) is 11.9 Å². The minimum absolute atomic E-state index is 0.129. The Morgan fingerprint density at radius 1 is 1.03 bits per heavy atom. The molecule has 0 unspecified atom stereocenters. The largest absolute Gasteiger partial charge is 0.490 e. The van der Waals surface area contributed by atoms with E-state index in [0.717, 1.165) is 54.0 Å². The third-order valence-corrected chi connectivity index (χ3v) is 5.99. The van der Waals surface area contributed by atoms with Crippen LogP contribution in [-0.2, 0) is 0 Å². The van der Waals surface area contributed by atoms with E-state index in [1.807, 2.05) is 6.92 Å². The predicted octanol–water partition coefficient (Wildman–Crippen LogP) is 4.86. The zero-order chi connectivity index (χ0) is 20.4. The zero-order valence-corrected chi connectivity index (χ0v) is 17.7. The first-order chi connectivity index (χ1) is 14.0. The second-order valence-electron chi connectivity index (χ2n) is 8.06. The van der Waals surface area contributed by atoms with Crippen molar-refractivity contribution in [2.75, 3.05) is 18.4 Å². The van der Waals surface area contributed by atoms with Crippen molar-refractivity contribution in [3.8, 4) is 5.75 Å². The highest BCUT2D eigenvalue weighted by Gasteiger charge is 2.17. The number of ether oxygens (including phenoxy) is 1. The lowest BCUT2D eigenvalue weighted by atomic mass is 9.98.